The number of nitrogens with one attached hydrogen (secondary N) is 3. The van der Waals surface area contributed by atoms with Gasteiger partial charge in [-0.25, -0.2) is 4.98 Å². The van der Waals surface area contributed by atoms with E-state index in [2.05, 4.69) is 44.6 Å². The highest BCUT2D eigenvalue weighted by atomic mass is 19.4. The van der Waals surface area contributed by atoms with Crippen LogP contribution in [-0.4, -0.2) is 33.1 Å². The Balaban J connectivity index is 0.000000343. The van der Waals surface area contributed by atoms with Gasteiger partial charge >= 0.3 is 6.18 Å². The Morgan fingerprint density at radius 2 is 1.87 bits per heavy atom. The lowest BCUT2D eigenvalue weighted by Gasteiger charge is -2.11. The van der Waals surface area contributed by atoms with Crippen molar-refractivity contribution in [1.29, 1.82) is 0 Å². The van der Waals surface area contributed by atoms with Crippen molar-refractivity contribution in [1.82, 2.24) is 25.5 Å². The first-order valence-electron chi connectivity index (χ1n) is 9.23. The highest BCUT2D eigenvalue weighted by Gasteiger charge is 2.29. The molecule has 0 saturated carbocycles. The summed E-state index contributed by atoms with van der Waals surface area (Å²) >= 11 is 0. The van der Waals surface area contributed by atoms with Crippen LogP contribution in [0.25, 0.3) is 11.5 Å². The molecule has 0 aliphatic carbocycles. The lowest BCUT2D eigenvalue weighted by molar-refractivity contribution is -0.137. The molecule has 0 fully saturated rings. The summed E-state index contributed by atoms with van der Waals surface area (Å²) in [4.78, 5) is 17.9. The number of aromatic amines is 1. The Morgan fingerprint density at radius 3 is 2.43 bits per heavy atom. The lowest BCUT2D eigenvalue weighted by atomic mass is 10.1. The summed E-state index contributed by atoms with van der Waals surface area (Å²) in [5, 5.41) is 12.1. The molecule has 2 aromatic heterocycles. The third-order valence-electron chi connectivity index (χ3n) is 3.89. The van der Waals surface area contributed by atoms with Crippen LogP contribution in [-0.2, 0) is 11.0 Å². The molecule has 0 aliphatic heterocycles. The molecular weight excluding hydrogens is 397 g/mol. The van der Waals surface area contributed by atoms with Crippen molar-refractivity contribution in [2.24, 2.45) is 5.92 Å². The predicted octanol–water partition coefficient (Wildman–Crippen LogP) is 4.41. The van der Waals surface area contributed by atoms with Crippen LogP contribution in [0.5, 0.6) is 0 Å². The zero-order valence-electron chi connectivity index (χ0n) is 16.6. The van der Waals surface area contributed by atoms with Gasteiger partial charge in [0.25, 0.3) is 0 Å². The van der Waals surface area contributed by atoms with Gasteiger partial charge in [-0.3, -0.25) is 14.9 Å². The molecule has 3 rings (SSSR count). The Morgan fingerprint density at radius 1 is 1.13 bits per heavy atom. The Bertz CT molecular complexity index is 896. The summed E-state index contributed by atoms with van der Waals surface area (Å²) in [5.41, 5.74) is 0.959. The fraction of sp³-hybridized carbons (Fsp3) is 0.300. The molecule has 7 nitrogen and oxygen atoms in total. The second-order valence-electron chi connectivity index (χ2n) is 6.69. The summed E-state index contributed by atoms with van der Waals surface area (Å²) in [5.74, 6) is 1.15. The Labute approximate surface area is 172 Å². The van der Waals surface area contributed by atoms with Crippen molar-refractivity contribution in [3.63, 3.8) is 0 Å². The fourth-order valence-electron chi connectivity index (χ4n) is 2.34. The Hall–Kier alpha value is -3.43. The average molecular weight is 420 g/mol. The van der Waals surface area contributed by atoms with Crippen LogP contribution in [0.15, 0.2) is 48.9 Å². The van der Waals surface area contributed by atoms with Gasteiger partial charge < -0.3 is 10.6 Å². The molecule has 0 atom stereocenters. The smallest absolute Gasteiger partial charge is 0.359 e. The lowest BCUT2D eigenvalue weighted by Crippen LogP contribution is -2.13. The summed E-state index contributed by atoms with van der Waals surface area (Å²) in [6.07, 6.45) is 0.403. The summed E-state index contributed by atoms with van der Waals surface area (Å²) in [7, 11) is 0. The van der Waals surface area contributed by atoms with E-state index in [0.29, 0.717) is 28.8 Å². The van der Waals surface area contributed by atoms with E-state index < -0.39 is 11.7 Å². The predicted molar refractivity (Wildman–Crippen MR) is 108 cm³/mol. The van der Waals surface area contributed by atoms with E-state index in [9.17, 15) is 18.0 Å². The van der Waals surface area contributed by atoms with Gasteiger partial charge in [-0.1, -0.05) is 13.8 Å². The molecule has 0 aliphatic rings. The Kier molecular flexibility index (Phi) is 8.33. The molecule has 10 heteroatoms. The van der Waals surface area contributed by atoms with Crippen molar-refractivity contribution in [2.75, 3.05) is 11.9 Å². The SMILES string of the molecule is CC(C)CCNC=O.FC(F)(F)c1ccc(Nc2cccnc2-c2ncn[nH]2)cc1. The number of rotatable bonds is 7. The number of amides is 1. The van der Waals surface area contributed by atoms with Crippen LogP contribution in [0.1, 0.15) is 25.8 Å². The zero-order chi connectivity index (χ0) is 22.0. The van der Waals surface area contributed by atoms with Crippen LogP contribution >= 0.6 is 0 Å². The summed E-state index contributed by atoms with van der Waals surface area (Å²) in [6, 6.07) is 8.23. The van der Waals surface area contributed by atoms with E-state index in [4.69, 9.17) is 0 Å². The number of hydrogen-bond acceptors (Lipinski definition) is 5. The van der Waals surface area contributed by atoms with Gasteiger partial charge in [0.1, 0.15) is 12.0 Å². The van der Waals surface area contributed by atoms with E-state index in [1.807, 2.05) is 0 Å². The monoisotopic (exact) mass is 420 g/mol. The number of pyridine rings is 1. The van der Waals surface area contributed by atoms with Crippen LogP contribution in [0, 0.1) is 5.92 Å². The molecule has 0 spiro atoms. The maximum absolute atomic E-state index is 12.5. The van der Waals surface area contributed by atoms with E-state index in [-0.39, 0.29) is 0 Å². The minimum atomic E-state index is -4.35. The maximum atomic E-state index is 12.5. The quantitative estimate of drug-likeness (QED) is 0.389. The van der Waals surface area contributed by atoms with Crippen LogP contribution in [0.2, 0.25) is 0 Å². The number of halogens is 3. The van der Waals surface area contributed by atoms with E-state index in [1.165, 1.54) is 18.5 Å². The number of carbonyl (C=O) groups excluding carboxylic acids is 1. The zero-order valence-corrected chi connectivity index (χ0v) is 16.6. The number of H-pyrrole nitrogens is 1. The van der Waals surface area contributed by atoms with Gasteiger partial charge in [0.15, 0.2) is 5.82 Å². The molecular formula is C20H23F3N6O. The summed E-state index contributed by atoms with van der Waals surface area (Å²) in [6.45, 7) is 5.07. The topological polar surface area (TPSA) is 95.6 Å². The number of aromatic nitrogens is 4. The minimum absolute atomic E-state index is 0.468. The van der Waals surface area contributed by atoms with Crippen molar-refractivity contribution in [2.45, 2.75) is 26.4 Å². The molecule has 160 valence electrons. The molecule has 0 saturated heterocycles. The van der Waals surface area contributed by atoms with Gasteiger partial charge in [0, 0.05) is 18.4 Å². The first-order chi connectivity index (χ1) is 14.3. The van der Waals surface area contributed by atoms with Gasteiger partial charge in [0.2, 0.25) is 6.41 Å². The second-order valence-corrected chi connectivity index (χ2v) is 6.69. The molecule has 1 amide bonds. The second kappa shape index (κ2) is 10.9. The van der Waals surface area contributed by atoms with Gasteiger partial charge in [-0.05, 0) is 48.7 Å². The molecule has 0 bridgehead atoms. The first kappa shape index (κ1) is 22.9. The van der Waals surface area contributed by atoms with Crippen LogP contribution in [0.3, 0.4) is 0 Å². The molecule has 0 unspecified atom stereocenters. The van der Waals surface area contributed by atoms with Gasteiger partial charge in [-0.15, -0.1) is 0 Å². The number of anilines is 2. The normalized spacial score (nSPS) is 10.9. The number of carbonyl (C=O) groups is 1. The molecule has 3 N–H and O–H groups in total. The fourth-order valence-corrected chi connectivity index (χ4v) is 2.34. The highest BCUT2D eigenvalue weighted by Crippen LogP contribution is 2.31. The molecule has 30 heavy (non-hydrogen) atoms. The van der Waals surface area contributed by atoms with Gasteiger partial charge in [0.05, 0.1) is 11.3 Å². The number of hydrogen-bond donors (Lipinski definition) is 3. The minimum Gasteiger partial charge on any atom is -0.359 e. The molecule has 3 aromatic rings. The molecule has 0 radical (unpaired) electrons. The maximum Gasteiger partial charge on any atom is 0.416 e. The van der Waals surface area contributed by atoms with Crippen molar-refractivity contribution in [3.8, 4) is 11.5 Å². The first-order valence-corrected chi connectivity index (χ1v) is 9.23. The van der Waals surface area contributed by atoms with E-state index >= 15 is 0 Å². The standard InChI is InChI=1S/C14H10F3N5.C6H13NO/c15-14(16,17)9-3-5-10(6-4-9)21-11-2-1-7-18-12(11)13-19-8-20-22-13;1-6(2)3-4-7-5-8/h1-8,21H,(H,19,20,22);5-6H,3-4H2,1-2H3,(H,7,8). The third kappa shape index (κ3) is 7.19. The molecule has 1 aromatic carbocycles. The van der Waals surface area contributed by atoms with Crippen LogP contribution in [0.4, 0.5) is 24.5 Å². The van der Waals surface area contributed by atoms with E-state index in [1.54, 1.807) is 18.3 Å². The molecule has 2 heterocycles. The average Bonchev–Trinajstić information content (AvgIpc) is 3.23. The van der Waals surface area contributed by atoms with E-state index in [0.717, 1.165) is 31.5 Å². The largest absolute Gasteiger partial charge is 0.416 e. The third-order valence-corrected chi connectivity index (χ3v) is 3.89. The number of alkyl halides is 3. The van der Waals surface area contributed by atoms with Crippen molar-refractivity contribution >= 4 is 17.8 Å². The van der Waals surface area contributed by atoms with Crippen molar-refractivity contribution < 1.29 is 18.0 Å². The number of nitrogens with zero attached hydrogens (tertiary/aromatic N) is 3. The van der Waals surface area contributed by atoms with Crippen LogP contribution < -0.4 is 10.6 Å². The van der Waals surface area contributed by atoms with Gasteiger partial charge in [-0.2, -0.15) is 18.3 Å². The number of benzene rings is 1. The summed E-state index contributed by atoms with van der Waals surface area (Å²) < 4.78 is 37.6. The highest BCUT2D eigenvalue weighted by molar-refractivity contribution is 5.74. The van der Waals surface area contributed by atoms with Crippen molar-refractivity contribution in [3.05, 3.63) is 54.5 Å².